The van der Waals surface area contributed by atoms with Crippen molar-refractivity contribution >= 4 is 28.2 Å². The summed E-state index contributed by atoms with van der Waals surface area (Å²) in [6, 6.07) is 5.38. The summed E-state index contributed by atoms with van der Waals surface area (Å²) in [5, 5.41) is 10.8. The van der Waals surface area contributed by atoms with Gasteiger partial charge in [-0.05, 0) is 38.1 Å². The first-order valence-electron chi connectivity index (χ1n) is 9.11. The van der Waals surface area contributed by atoms with Crippen molar-refractivity contribution in [3.8, 4) is 11.4 Å². The Bertz CT molecular complexity index is 930. The van der Waals surface area contributed by atoms with Crippen molar-refractivity contribution < 1.29 is 14.1 Å². The van der Waals surface area contributed by atoms with E-state index < -0.39 is 0 Å². The minimum Gasteiger partial charge on any atom is -0.379 e. The molecule has 0 saturated carbocycles. The molecular formula is C19H22N4O3S. The molecule has 0 radical (unpaired) electrons. The van der Waals surface area contributed by atoms with Crippen LogP contribution >= 0.6 is 11.3 Å². The van der Waals surface area contributed by atoms with E-state index in [2.05, 4.69) is 20.4 Å². The van der Waals surface area contributed by atoms with Gasteiger partial charge < -0.3 is 14.6 Å². The summed E-state index contributed by atoms with van der Waals surface area (Å²) in [5.41, 5.74) is 2.71. The Morgan fingerprint density at radius 1 is 1.33 bits per heavy atom. The molecule has 8 heteroatoms. The zero-order chi connectivity index (χ0) is 18.6. The number of morpholine rings is 1. The van der Waals surface area contributed by atoms with Crippen molar-refractivity contribution in [3.63, 3.8) is 0 Å². The summed E-state index contributed by atoms with van der Waals surface area (Å²) in [4.78, 5) is 19.3. The van der Waals surface area contributed by atoms with E-state index >= 15 is 0 Å². The minimum absolute atomic E-state index is 0.0829. The first kappa shape index (κ1) is 18.1. The number of rotatable bonds is 6. The molecule has 1 saturated heterocycles. The third kappa shape index (κ3) is 4.18. The van der Waals surface area contributed by atoms with Crippen molar-refractivity contribution in [2.24, 2.45) is 0 Å². The van der Waals surface area contributed by atoms with Gasteiger partial charge in [0.2, 0.25) is 0 Å². The standard InChI is InChI=1S/C19H22N4O3S/c1-13-21-16(12-27-13)18-15-11-14(3-4-17(15)26-22-18)19(24)20-5-2-6-23-7-9-25-10-8-23/h3-4,11-12H,2,5-10H2,1H3,(H,20,24). The molecule has 142 valence electrons. The van der Waals surface area contributed by atoms with Crippen LogP contribution < -0.4 is 5.32 Å². The number of carbonyl (C=O) groups is 1. The molecule has 3 heterocycles. The van der Waals surface area contributed by atoms with Crippen LogP contribution in [0.5, 0.6) is 0 Å². The van der Waals surface area contributed by atoms with Crippen molar-refractivity contribution in [2.45, 2.75) is 13.3 Å². The Morgan fingerprint density at radius 3 is 2.96 bits per heavy atom. The Morgan fingerprint density at radius 2 is 2.19 bits per heavy atom. The molecule has 2 aromatic heterocycles. The summed E-state index contributed by atoms with van der Waals surface area (Å²) in [6.07, 6.45) is 0.921. The number of amides is 1. The lowest BCUT2D eigenvalue weighted by molar-refractivity contribution is 0.0374. The number of nitrogens with one attached hydrogen (secondary N) is 1. The van der Waals surface area contributed by atoms with Gasteiger partial charge in [0.15, 0.2) is 5.58 Å². The monoisotopic (exact) mass is 386 g/mol. The Labute approximate surface area is 161 Å². The second-order valence-corrected chi connectivity index (χ2v) is 7.62. The van der Waals surface area contributed by atoms with Crippen molar-refractivity contribution in [1.29, 1.82) is 0 Å². The summed E-state index contributed by atoms with van der Waals surface area (Å²) >= 11 is 1.56. The highest BCUT2D eigenvalue weighted by Crippen LogP contribution is 2.29. The van der Waals surface area contributed by atoms with Crippen LogP contribution in [0.25, 0.3) is 22.4 Å². The molecular weight excluding hydrogens is 364 g/mol. The number of aromatic nitrogens is 2. The van der Waals surface area contributed by atoms with Crippen LogP contribution in [0.4, 0.5) is 0 Å². The van der Waals surface area contributed by atoms with Crippen molar-refractivity contribution in [1.82, 2.24) is 20.4 Å². The van der Waals surface area contributed by atoms with Crippen LogP contribution in [0, 0.1) is 6.92 Å². The van der Waals surface area contributed by atoms with E-state index in [1.807, 2.05) is 18.4 Å². The second kappa shape index (κ2) is 8.16. The van der Waals surface area contributed by atoms with Gasteiger partial charge in [0, 0.05) is 30.6 Å². The van der Waals surface area contributed by atoms with Gasteiger partial charge in [0.25, 0.3) is 5.91 Å². The number of ether oxygens (including phenoxy) is 1. The van der Waals surface area contributed by atoms with Gasteiger partial charge in [-0.3, -0.25) is 9.69 Å². The van der Waals surface area contributed by atoms with Crippen LogP contribution in [0.3, 0.4) is 0 Å². The van der Waals surface area contributed by atoms with E-state index in [1.165, 1.54) is 0 Å². The number of benzene rings is 1. The van der Waals surface area contributed by atoms with Crippen LogP contribution in [-0.2, 0) is 4.74 Å². The number of aryl methyl sites for hydroxylation is 1. The topological polar surface area (TPSA) is 80.5 Å². The SMILES string of the molecule is Cc1nc(-c2noc3ccc(C(=O)NCCCN4CCOCC4)cc23)cs1. The van der Waals surface area contributed by atoms with Gasteiger partial charge in [-0.15, -0.1) is 11.3 Å². The van der Waals surface area contributed by atoms with Gasteiger partial charge in [0.05, 0.1) is 23.6 Å². The van der Waals surface area contributed by atoms with Crippen LogP contribution in [-0.4, -0.2) is 60.3 Å². The van der Waals surface area contributed by atoms with E-state index in [0.717, 1.165) is 55.4 Å². The Balaban J connectivity index is 1.39. The number of carbonyl (C=O) groups excluding carboxylic acids is 1. The molecule has 1 amide bonds. The van der Waals surface area contributed by atoms with E-state index in [4.69, 9.17) is 9.26 Å². The fourth-order valence-corrected chi connectivity index (χ4v) is 3.77. The predicted molar refractivity (Wildman–Crippen MR) is 104 cm³/mol. The molecule has 0 atom stereocenters. The molecule has 3 aromatic rings. The van der Waals surface area contributed by atoms with Crippen LogP contribution in [0.15, 0.2) is 28.1 Å². The van der Waals surface area contributed by atoms with Crippen molar-refractivity contribution in [2.75, 3.05) is 39.4 Å². The molecule has 1 N–H and O–H groups in total. The largest absolute Gasteiger partial charge is 0.379 e. The highest BCUT2D eigenvalue weighted by atomic mass is 32.1. The van der Waals surface area contributed by atoms with Crippen molar-refractivity contribution in [3.05, 3.63) is 34.2 Å². The van der Waals surface area contributed by atoms with E-state index in [-0.39, 0.29) is 5.91 Å². The quantitative estimate of drug-likeness (QED) is 0.656. The fourth-order valence-electron chi connectivity index (χ4n) is 3.17. The molecule has 1 aromatic carbocycles. The molecule has 0 bridgehead atoms. The summed E-state index contributed by atoms with van der Waals surface area (Å²) < 4.78 is 10.7. The lowest BCUT2D eigenvalue weighted by atomic mass is 10.1. The van der Waals surface area contributed by atoms with Gasteiger partial charge in [-0.25, -0.2) is 4.98 Å². The van der Waals surface area contributed by atoms with E-state index in [1.54, 1.807) is 23.5 Å². The molecule has 0 spiro atoms. The highest BCUT2D eigenvalue weighted by Gasteiger charge is 2.16. The number of hydrogen-bond acceptors (Lipinski definition) is 7. The maximum atomic E-state index is 12.5. The molecule has 1 fully saturated rings. The summed E-state index contributed by atoms with van der Waals surface area (Å²) in [5.74, 6) is -0.0829. The first-order valence-corrected chi connectivity index (χ1v) is 9.99. The molecule has 27 heavy (non-hydrogen) atoms. The molecule has 0 unspecified atom stereocenters. The average Bonchev–Trinajstić information content (AvgIpc) is 3.31. The lowest BCUT2D eigenvalue weighted by Crippen LogP contribution is -2.38. The molecule has 1 aliphatic heterocycles. The maximum absolute atomic E-state index is 12.5. The molecule has 4 rings (SSSR count). The summed E-state index contributed by atoms with van der Waals surface area (Å²) in [7, 11) is 0. The third-order valence-corrected chi connectivity index (χ3v) is 5.41. The van der Waals surface area contributed by atoms with Gasteiger partial charge in [0.1, 0.15) is 11.4 Å². The third-order valence-electron chi connectivity index (χ3n) is 4.63. The van der Waals surface area contributed by atoms with Gasteiger partial charge in [-0.1, -0.05) is 5.16 Å². The van der Waals surface area contributed by atoms with Crippen LogP contribution in [0.2, 0.25) is 0 Å². The Hall–Kier alpha value is -2.29. The smallest absolute Gasteiger partial charge is 0.251 e. The first-order chi connectivity index (χ1) is 13.2. The van der Waals surface area contributed by atoms with Gasteiger partial charge in [-0.2, -0.15) is 0 Å². The normalized spacial score (nSPS) is 15.3. The van der Waals surface area contributed by atoms with E-state index in [9.17, 15) is 4.79 Å². The maximum Gasteiger partial charge on any atom is 0.251 e. The zero-order valence-electron chi connectivity index (χ0n) is 15.2. The minimum atomic E-state index is -0.0829. The zero-order valence-corrected chi connectivity index (χ0v) is 16.1. The molecule has 1 aliphatic rings. The second-order valence-electron chi connectivity index (χ2n) is 6.56. The molecule has 7 nitrogen and oxygen atoms in total. The van der Waals surface area contributed by atoms with Gasteiger partial charge >= 0.3 is 0 Å². The number of thiazole rings is 1. The highest BCUT2D eigenvalue weighted by molar-refractivity contribution is 7.09. The molecule has 0 aliphatic carbocycles. The Kier molecular flexibility index (Phi) is 5.47. The predicted octanol–water partition coefficient (Wildman–Crippen LogP) is 2.71. The average molecular weight is 386 g/mol. The number of nitrogens with zero attached hydrogens (tertiary/aromatic N) is 3. The summed E-state index contributed by atoms with van der Waals surface area (Å²) in [6.45, 7) is 7.11. The number of hydrogen-bond donors (Lipinski definition) is 1. The van der Waals surface area contributed by atoms with Crippen LogP contribution in [0.1, 0.15) is 21.8 Å². The fraction of sp³-hybridized carbons (Fsp3) is 0.421. The lowest BCUT2D eigenvalue weighted by Gasteiger charge is -2.26. The number of fused-ring (bicyclic) bond motifs is 1. The van der Waals surface area contributed by atoms with E-state index in [0.29, 0.717) is 23.4 Å².